The largest absolute Gasteiger partial charge is 0.360 e. The number of hydrogen-bond acceptors (Lipinski definition) is 7. The molecule has 118 valence electrons. The number of likely N-dealkylation sites (N-methyl/N-ethyl adjacent to an activating group) is 1. The summed E-state index contributed by atoms with van der Waals surface area (Å²) in [7, 11) is 5.62. The summed E-state index contributed by atoms with van der Waals surface area (Å²) in [5.41, 5.74) is 0.271. The predicted octanol–water partition coefficient (Wildman–Crippen LogP) is 1.73. The van der Waals surface area contributed by atoms with Crippen molar-refractivity contribution in [3.05, 3.63) is 15.8 Å². The molecule has 0 aliphatic carbocycles. The minimum atomic E-state index is -0.440. The molecule has 0 aliphatic rings. The molecule has 0 saturated heterocycles. The summed E-state index contributed by atoms with van der Waals surface area (Å²) in [6, 6.07) is 0.0534. The van der Waals surface area contributed by atoms with Gasteiger partial charge in [-0.15, -0.1) is 0 Å². The van der Waals surface area contributed by atoms with E-state index in [1.165, 1.54) is 0 Å². The van der Waals surface area contributed by atoms with Gasteiger partial charge in [0, 0.05) is 19.6 Å². The lowest BCUT2D eigenvalue weighted by atomic mass is 10.0. The van der Waals surface area contributed by atoms with Gasteiger partial charge in [-0.05, 0) is 26.9 Å². The molecule has 1 aromatic heterocycles. The molecular weight excluding hydrogens is 272 g/mol. The van der Waals surface area contributed by atoms with Gasteiger partial charge in [0.1, 0.15) is 5.69 Å². The van der Waals surface area contributed by atoms with E-state index in [-0.39, 0.29) is 17.5 Å². The Labute approximate surface area is 125 Å². The smallest absolute Gasteiger partial charge is 0.332 e. The monoisotopic (exact) mass is 296 g/mol. The highest BCUT2D eigenvalue weighted by molar-refractivity contribution is 5.61. The highest BCUT2D eigenvalue weighted by atomic mass is 16.6. The van der Waals surface area contributed by atoms with Crippen molar-refractivity contribution in [3.8, 4) is 0 Å². The maximum absolute atomic E-state index is 11.3. The van der Waals surface area contributed by atoms with Crippen LogP contribution in [0.3, 0.4) is 0 Å². The third-order valence-electron chi connectivity index (χ3n) is 3.15. The summed E-state index contributed by atoms with van der Waals surface area (Å²) in [6.07, 6.45) is 0. The van der Waals surface area contributed by atoms with Gasteiger partial charge >= 0.3 is 5.69 Å². The van der Waals surface area contributed by atoms with Crippen molar-refractivity contribution < 1.29 is 4.92 Å². The maximum atomic E-state index is 11.3. The zero-order valence-corrected chi connectivity index (χ0v) is 13.5. The van der Waals surface area contributed by atoms with Crippen LogP contribution in [0.1, 0.15) is 19.5 Å². The second kappa shape index (κ2) is 7.16. The van der Waals surface area contributed by atoms with E-state index in [9.17, 15) is 10.1 Å². The molecule has 0 aromatic carbocycles. The molecule has 0 amide bonds. The van der Waals surface area contributed by atoms with Crippen LogP contribution >= 0.6 is 0 Å². The molecule has 8 nitrogen and oxygen atoms in total. The first-order valence-electron chi connectivity index (χ1n) is 6.88. The summed E-state index contributed by atoms with van der Waals surface area (Å²) in [4.78, 5) is 21.1. The molecule has 0 radical (unpaired) electrons. The molecule has 8 heteroatoms. The Bertz CT molecular complexity index is 504. The van der Waals surface area contributed by atoms with E-state index >= 15 is 0 Å². The van der Waals surface area contributed by atoms with Crippen LogP contribution in [0.4, 0.5) is 17.5 Å². The van der Waals surface area contributed by atoms with E-state index in [1.807, 2.05) is 19.0 Å². The Kier molecular flexibility index (Phi) is 5.83. The van der Waals surface area contributed by atoms with Crippen molar-refractivity contribution >= 4 is 17.5 Å². The summed E-state index contributed by atoms with van der Waals surface area (Å²) in [5.74, 6) is 0.936. The van der Waals surface area contributed by atoms with E-state index in [0.717, 1.165) is 6.54 Å². The number of aromatic nitrogens is 2. The number of nitro groups is 1. The van der Waals surface area contributed by atoms with Crippen LogP contribution in [-0.4, -0.2) is 53.5 Å². The van der Waals surface area contributed by atoms with Gasteiger partial charge in [0.15, 0.2) is 0 Å². The SMILES string of the molecule is CNc1nc(C)c([N+](=O)[O-])c(NC(CN(C)C)C(C)C)n1. The van der Waals surface area contributed by atoms with Gasteiger partial charge in [0.05, 0.1) is 4.92 Å². The molecule has 1 atom stereocenters. The summed E-state index contributed by atoms with van der Waals surface area (Å²) < 4.78 is 0. The first-order valence-corrected chi connectivity index (χ1v) is 6.88. The van der Waals surface area contributed by atoms with Gasteiger partial charge in [-0.1, -0.05) is 13.8 Å². The van der Waals surface area contributed by atoms with Crippen LogP contribution in [0.2, 0.25) is 0 Å². The number of anilines is 2. The average Bonchev–Trinajstić information content (AvgIpc) is 2.35. The van der Waals surface area contributed by atoms with Gasteiger partial charge in [-0.25, -0.2) is 4.98 Å². The molecule has 0 fully saturated rings. The van der Waals surface area contributed by atoms with Crippen LogP contribution in [0.15, 0.2) is 0 Å². The normalized spacial score (nSPS) is 12.6. The molecule has 0 spiro atoms. The lowest BCUT2D eigenvalue weighted by molar-refractivity contribution is -0.385. The van der Waals surface area contributed by atoms with E-state index in [1.54, 1.807) is 14.0 Å². The highest BCUT2D eigenvalue weighted by Gasteiger charge is 2.25. The number of nitrogens with one attached hydrogen (secondary N) is 2. The Morgan fingerprint density at radius 2 is 1.95 bits per heavy atom. The van der Waals surface area contributed by atoms with Crippen LogP contribution < -0.4 is 10.6 Å². The molecule has 1 rings (SSSR count). The summed E-state index contributed by atoms with van der Waals surface area (Å²) in [6.45, 7) is 6.51. The lowest BCUT2D eigenvalue weighted by Crippen LogP contribution is -2.37. The van der Waals surface area contributed by atoms with E-state index in [0.29, 0.717) is 17.6 Å². The van der Waals surface area contributed by atoms with Crippen LogP contribution in [0.25, 0.3) is 0 Å². The molecule has 2 N–H and O–H groups in total. The lowest BCUT2D eigenvalue weighted by Gasteiger charge is -2.26. The van der Waals surface area contributed by atoms with Gasteiger partial charge in [0.25, 0.3) is 0 Å². The van der Waals surface area contributed by atoms with Crippen molar-refractivity contribution in [3.63, 3.8) is 0 Å². The van der Waals surface area contributed by atoms with Gasteiger partial charge in [-0.2, -0.15) is 4.98 Å². The van der Waals surface area contributed by atoms with Gasteiger partial charge in [-0.3, -0.25) is 10.1 Å². The fourth-order valence-corrected chi connectivity index (χ4v) is 1.99. The van der Waals surface area contributed by atoms with Crippen molar-refractivity contribution in [2.45, 2.75) is 26.8 Å². The van der Waals surface area contributed by atoms with E-state index < -0.39 is 4.92 Å². The molecule has 1 heterocycles. The standard InChI is InChI=1S/C13H24N6O2/c1-8(2)10(7-18(5)6)16-12-11(19(20)21)9(3)15-13(14-4)17-12/h8,10H,7H2,1-6H3,(H2,14,15,16,17). The van der Waals surface area contributed by atoms with Crippen molar-refractivity contribution in [2.75, 3.05) is 38.3 Å². The van der Waals surface area contributed by atoms with Crippen molar-refractivity contribution in [1.82, 2.24) is 14.9 Å². The molecular formula is C13H24N6O2. The van der Waals surface area contributed by atoms with E-state index in [2.05, 4.69) is 34.4 Å². The number of nitrogens with zero attached hydrogens (tertiary/aromatic N) is 4. The topological polar surface area (TPSA) is 96.2 Å². The Morgan fingerprint density at radius 3 is 2.38 bits per heavy atom. The first kappa shape index (κ1) is 17.1. The second-order valence-electron chi connectivity index (χ2n) is 5.59. The zero-order chi connectivity index (χ0) is 16.2. The fraction of sp³-hybridized carbons (Fsp3) is 0.692. The molecule has 0 saturated carbocycles. The molecule has 21 heavy (non-hydrogen) atoms. The van der Waals surface area contributed by atoms with E-state index in [4.69, 9.17) is 0 Å². The maximum Gasteiger partial charge on any atom is 0.332 e. The Balaban J connectivity index is 3.19. The molecule has 0 bridgehead atoms. The van der Waals surface area contributed by atoms with Crippen molar-refractivity contribution in [2.24, 2.45) is 5.92 Å². The third-order valence-corrected chi connectivity index (χ3v) is 3.15. The minimum Gasteiger partial charge on any atom is -0.360 e. The Hall–Kier alpha value is -1.96. The number of hydrogen-bond donors (Lipinski definition) is 2. The van der Waals surface area contributed by atoms with Crippen molar-refractivity contribution in [1.29, 1.82) is 0 Å². The summed E-state index contributed by atoms with van der Waals surface area (Å²) in [5, 5.41) is 17.3. The quantitative estimate of drug-likeness (QED) is 0.584. The second-order valence-corrected chi connectivity index (χ2v) is 5.59. The number of aryl methyl sites for hydroxylation is 1. The van der Waals surface area contributed by atoms with Gasteiger partial charge < -0.3 is 15.5 Å². The Morgan fingerprint density at radius 1 is 1.33 bits per heavy atom. The minimum absolute atomic E-state index is 0.0534. The number of rotatable bonds is 7. The van der Waals surface area contributed by atoms with Crippen LogP contribution in [-0.2, 0) is 0 Å². The zero-order valence-electron chi connectivity index (χ0n) is 13.5. The predicted molar refractivity (Wildman–Crippen MR) is 83.8 cm³/mol. The average molecular weight is 296 g/mol. The molecule has 1 unspecified atom stereocenters. The molecule has 1 aromatic rings. The third kappa shape index (κ3) is 4.52. The summed E-state index contributed by atoms with van der Waals surface area (Å²) >= 11 is 0. The van der Waals surface area contributed by atoms with Crippen LogP contribution in [0, 0.1) is 23.0 Å². The molecule has 0 aliphatic heterocycles. The highest BCUT2D eigenvalue weighted by Crippen LogP contribution is 2.27. The van der Waals surface area contributed by atoms with Crippen LogP contribution in [0.5, 0.6) is 0 Å². The first-order chi connectivity index (χ1) is 9.76. The van der Waals surface area contributed by atoms with Gasteiger partial charge in [0.2, 0.25) is 11.8 Å². The fourth-order valence-electron chi connectivity index (χ4n) is 1.99.